The highest BCUT2D eigenvalue weighted by atomic mass is 79.9. The molecule has 0 saturated carbocycles. The van der Waals surface area contributed by atoms with Gasteiger partial charge in [0.25, 0.3) is 5.91 Å². The van der Waals surface area contributed by atoms with Crippen LogP contribution in [0.15, 0.2) is 57.0 Å². The molecule has 0 aliphatic heterocycles. The van der Waals surface area contributed by atoms with Crippen molar-refractivity contribution in [2.24, 2.45) is 5.10 Å². The maximum absolute atomic E-state index is 12.2. The van der Waals surface area contributed by atoms with Crippen LogP contribution in [0.25, 0.3) is 0 Å². The molecule has 8 heteroatoms. The van der Waals surface area contributed by atoms with Gasteiger partial charge in [0.15, 0.2) is 11.5 Å². The average molecular weight is 498 g/mol. The number of rotatable bonds is 8. The molecule has 0 spiro atoms. The van der Waals surface area contributed by atoms with Crippen molar-refractivity contribution in [2.45, 2.75) is 0 Å². The van der Waals surface area contributed by atoms with Crippen LogP contribution in [0.4, 0.5) is 0 Å². The van der Waals surface area contributed by atoms with E-state index in [2.05, 4.69) is 49.0 Å². The molecule has 6 nitrogen and oxygen atoms in total. The third-order valence-corrected chi connectivity index (χ3v) is 4.57. The number of nitrogens with zero attached hydrogens (tertiary/aromatic N) is 1. The van der Waals surface area contributed by atoms with Crippen LogP contribution in [-0.2, 0) is 0 Å². The standard InChI is InChI=1S/C19H18Br2N2O4/c1-4-7-27-18-14(20)8-12(9-15(18)21)11-22-23-19(24)13-5-6-16(25-2)17(10-13)26-3/h4-6,8-11H,1,7H2,2-3H3,(H,23,24)/b22-11+. The Balaban J connectivity index is 2.08. The van der Waals surface area contributed by atoms with Gasteiger partial charge in [-0.1, -0.05) is 12.7 Å². The van der Waals surface area contributed by atoms with Crippen molar-refractivity contribution < 1.29 is 19.0 Å². The summed E-state index contributed by atoms with van der Waals surface area (Å²) in [6.45, 7) is 4.02. The van der Waals surface area contributed by atoms with Gasteiger partial charge in [-0.2, -0.15) is 5.10 Å². The number of carbonyl (C=O) groups excluding carboxylic acids is 1. The zero-order chi connectivity index (χ0) is 19.8. The molecule has 0 aliphatic rings. The van der Waals surface area contributed by atoms with Crippen molar-refractivity contribution in [3.63, 3.8) is 0 Å². The predicted molar refractivity (Wildman–Crippen MR) is 112 cm³/mol. The van der Waals surface area contributed by atoms with Gasteiger partial charge in [0.1, 0.15) is 12.4 Å². The average Bonchev–Trinajstić information content (AvgIpc) is 2.66. The lowest BCUT2D eigenvalue weighted by Crippen LogP contribution is -2.17. The molecule has 0 radical (unpaired) electrons. The van der Waals surface area contributed by atoms with E-state index in [0.717, 1.165) is 14.5 Å². The summed E-state index contributed by atoms with van der Waals surface area (Å²) in [7, 11) is 3.04. The molecule has 1 N–H and O–H groups in total. The number of nitrogens with one attached hydrogen (secondary N) is 1. The second kappa shape index (κ2) is 10.1. The quantitative estimate of drug-likeness (QED) is 0.330. The smallest absolute Gasteiger partial charge is 0.271 e. The summed E-state index contributed by atoms with van der Waals surface area (Å²) in [4.78, 5) is 12.2. The van der Waals surface area contributed by atoms with Gasteiger partial charge in [0.05, 0.1) is 29.4 Å². The number of carbonyl (C=O) groups is 1. The van der Waals surface area contributed by atoms with E-state index < -0.39 is 0 Å². The lowest BCUT2D eigenvalue weighted by molar-refractivity contribution is 0.0954. The molecular weight excluding hydrogens is 480 g/mol. The van der Waals surface area contributed by atoms with Crippen LogP contribution >= 0.6 is 31.9 Å². The molecule has 27 heavy (non-hydrogen) atoms. The van der Waals surface area contributed by atoms with Crippen molar-refractivity contribution in [3.8, 4) is 17.2 Å². The Morgan fingerprint density at radius 1 is 1.15 bits per heavy atom. The molecule has 142 valence electrons. The zero-order valence-electron chi connectivity index (χ0n) is 14.8. The largest absolute Gasteiger partial charge is 0.493 e. The predicted octanol–water partition coefficient (Wildman–Crippen LogP) is 4.56. The maximum atomic E-state index is 12.2. The second-order valence-corrected chi connectivity index (χ2v) is 6.89. The summed E-state index contributed by atoms with van der Waals surface area (Å²) in [5, 5.41) is 3.99. The molecule has 0 aromatic heterocycles. The van der Waals surface area contributed by atoms with Gasteiger partial charge in [-0.3, -0.25) is 4.79 Å². The normalized spacial score (nSPS) is 10.5. The van der Waals surface area contributed by atoms with Crippen LogP contribution < -0.4 is 19.6 Å². The SMILES string of the molecule is C=CCOc1c(Br)cc(/C=N/NC(=O)c2ccc(OC)c(OC)c2)cc1Br. The van der Waals surface area contributed by atoms with Crippen molar-refractivity contribution >= 4 is 44.0 Å². The highest BCUT2D eigenvalue weighted by molar-refractivity contribution is 9.11. The summed E-state index contributed by atoms with van der Waals surface area (Å²) < 4.78 is 17.4. The molecule has 0 saturated heterocycles. The molecule has 2 aromatic carbocycles. The highest BCUT2D eigenvalue weighted by Crippen LogP contribution is 2.34. The minimum absolute atomic E-state index is 0.365. The van der Waals surface area contributed by atoms with Gasteiger partial charge in [0, 0.05) is 5.56 Å². The first-order valence-corrected chi connectivity index (χ1v) is 9.37. The molecule has 2 rings (SSSR count). The summed E-state index contributed by atoms with van der Waals surface area (Å²) >= 11 is 6.90. The fraction of sp³-hybridized carbons (Fsp3) is 0.158. The lowest BCUT2D eigenvalue weighted by atomic mass is 10.2. The van der Waals surface area contributed by atoms with Crippen molar-refractivity contribution in [1.29, 1.82) is 0 Å². The van der Waals surface area contributed by atoms with Crippen LogP contribution in [-0.4, -0.2) is 32.9 Å². The molecule has 0 fully saturated rings. The zero-order valence-corrected chi connectivity index (χ0v) is 18.0. The third kappa shape index (κ3) is 5.58. The fourth-order valence-corrected chi connectivity index (χ4v) is 3.59. The number of benzene rings is 2. The Morgan fingerprint density at radius 2 is 1.81 bits per heavy atom. The van der Waals surface area contributed by atoms with Crippen LogP contribution in [0.1, 0.15) is 15.9 Å². The Kier molecular flexibility index (Phi) is 7.87. The van der Waals surface area contributed by atoms with E-state index in [4.69, 9.17) is 14.2 Å². The van der Waals surface area contributed by atoms with Crippen molar-refractivity contribution in [3.05, 3.63) is 63.1 Å². The van der Waals surface area contributed by atoms with E-state index >= 15 is 0 Å². The minimum Gasteiger partial charge on any atom is -0.493 e. The summed E-state index contributed by atoms with van der Waals surface area (Å²) in [5.74, 6) is 1.32. The number of hydrogen-bond donors (Lipinski definition) is 1. The number of hydrazone groups is 1. The summed E-state index contributed by atoms with van der Waals surface area (Å²) in [6, 6.07) is 8.53. The van der Waals surface area contributed by atoms with Crippen molar-refractivity contribution in [2.75, 3.05) is 20.8 Å². The Hall–Kier alpha value is -2.32. The van der Waals surface area contributed by atoms with E-state index in [-0.39, 0.29) is 5.91 Å². The van der Waals surface area contributed by atoms with E-state index in [0.29, 0.717) is 29.4 Å². The van der Waals surface area contributed by atoms with Crippen molar-refractivity contribution in [1.82, 2.24) is 5.43 Å². The fourth-order valence-electron chi connectivity index (χ4n) is 2.14. The van der Waals surface area contributed by atoms with Crippen LogP contribution in [0, 0.1) is 0 Å². The first-order valence-electron chi connectivity index (χ1n) is 7.78. The number of methoxy groups -OCH3 is 2. The molecule has 0 heterocycles. The first-order chi connectivity index (χ1) is 13.0. The number of ether oxygens (including phenoxy) is 3. The first kappa shape index (κ1) is 21.0. The molecule has 2 aromatic rings. The van der Waals surface area contributed by atoms with E-state index in [1.165, 1.54) is 20.4 Å². The third-order valence-electron chi connectivity index (χ3n) is 3.39. The van der Waals surface area contributed by atoms with Gasteiger partial charge in [0.2, 0.25) is 0 Å². The van der Waals surface area contributed by atoms with Gasteiger partial charge in [-0.25, -0.2) is 5.43 Å². The number of halogens is 2. The van der Waals surface area contributed by atoms with Gasteiger partial charge < -0.3 is 14.2 Å². The molecule has 0 unspecified atom stereocenters. The monoisotopic (exact) mass is 496 g/mol. The summed E-state index contributed by atoms with van der Waals surface area (Å²) in [6.07, 6.45) is 3.20. The van der Waals surface area contributed by atoms with E-state index in [9.17, 15) is 4.79 Å². The van der Waals surface area contributed by atoms with E-state index in [1.807, 2.05) is 12.1 Å². The molecule has 1 amide bonds. The van der Waals surface area contributed by atoms with Gasteiger partial charge >= 0.3 is 0 Å². The minimum atomic E-state index is -0.365. The van der Waals surface area contributed by atoms with Crippen LogP contribution in [0.2, 0.25) is 0 Å². The Morgan fingerprint density at radius 3 is 2.41 bits per heavy atom. The second-order valence-electron chi connectivity index (χ2n) is 5.18. The summed E-state index contributed by atoms with van der Waals surface area (Å²) in [5.41, 5.74) is 3.66. The maximum Gasteiger partial charge on any atom is 0.271 e. The van der Waals surface area contributed by atoms with Crippen LogP contribution in [0.3, 0.4) is 0 Å². The topological polar surface area (TPSA) is 69.2 Å². The Labute approximate surface area is 174 Å². The molecular formula is C19H18Br2N2O4. The van der Waals surface area contributed by atoms with E-state index in [1.54, 1.807) is 24.3 Å². The highest BCUT2D eigenvalue weighted by Gasteiger charge is 2.11. The van der Waals surface area contributed by atoms with Crippen LogP contribution in [0.5, 0.6) is 17.2 Å². The molecule has 0 atom stereocenters. The van der Waals surface area contributed by atoms with Gasteiger partial charge in [-0.05, 0) is 67.8 Å². The number of amides is 1. The Bertz CT molecular complexity index is 846. The molecule has 0 bridgehead atoms. The number of hydrogen-bond acceptors (Lipinski definition) is 5. The molecule has 0 aliphatic carbocycles. The van der Waals surface area contributed by atoms with Gasteiger partial charge in [-0.15, -0.1) is 0 Å². The lowest BCUT2D eigenvalue weighted by Gasteiger charge is -2.09.